The molecule has 3 rings (SSSR count). The largest absolute Gasteiger partial charge is 0.323 e. The third kappa shape index (κ3) is 3.19. The van der Waals surface area contributed by atoms with Gasteiger partial charge in [0.1, 0.15) is 5.82 Å². The summed E-state index contributed by atoms with van der Waals surface area (Å²) < 4.78 is 13.6. The fourth-order valence-electron chi connectivity index (χ4n) is 2.80. The number of hydrogen-bond acceptors (Lipinski definition) is 2. The summed E-state index contributed by atoms with van der Waals surface area (Å²) in [6, 6.07) is 4.24. The van der Waals surface area contributed by atoms with Crippen molar-refractivity contribution < 1.29 is 9.18 Å². The molecule has 0 saturated carbocycles. The van der Waals surface area contributed by atoms with Gasteiger partial charge in [0.05, 0.1) is 5.69 Å². The van der Waals surface area contributed by atoms with Crippen LogP contribution in [0.25, 0.3) is 0 Å². The van der Waals surface area contributed by atoms with E-state index in [0.29, 0.717) is 24.2 Å². The molecule has 2 amide bonds. The minimum atomic E-state index is -0.479. The maximum atomic E-state index is 13.6. The number of nitrogens with zero attached hydrogens (tertiary/aromatic N) is 2. The number of halogens is 2. The number of carbonyl (C=O) groups is 1. The van der Waals surface area contributed by atoms with Gasteiger partial charge < -0.3 is 10.2 Å². The number of nitrogens with one attached hydrogen (secondary N) is 1. The topological polar surface area (TPSA) is 35.6 Å². The Kier molecular flexibility index (Phi) is 4.12. The van der Waals surface area contributed by atoms with Crippen LogP contribution in [0.3, 0.4) is 0 Å². The molecule has 1 N–H and O–H groups in total. The summed E-state index contributed by atoms with van der Waals surface area (Å²) in [5.41, 5.74) is 0.124. The molecule has 1 fully saturated rings. The van der Waals surface area contributed by atoms with Crippen LogP contribution in [0.1, 0.15) is 6.42 Å². The van der Waals surface area contributed by atoms with Gasteiger partial charge in [-0.15, -0.1) is 0 Å². The molecule has 112 valence electrons. The first-order valence-electron chi connectivity index (χ1n) is 7.03. The highest BCUT2D eigenvalue weighted by Crippen LogP contribution is 2.22. The van der Waals surface area contributed by atoms with E-state index in [2.05, 4.69) is 22.4 Å². The van der Waals surface area contributed by atoms with Crippen molar-refractivity contribution in [3.05, 3.63) is 41.2 Å². The fraction of sp³-hybridized carbons (Fsp3) is 0.400. The van der Waals surface area contributed by atoms with Crippen molar-refractivity contribution in [1.29, 1.82) is 0 Å². The van der Waals surface area contributed by atoms with Gasteiger partial charge in [0.15, 0.2) is 0 Å². The molecule has 1 aromatic rings. The number of likely N-dealkylation sites (tertiary alicyclic amines) is 1. The quantitative estimate of drug-likeness (QED) is 0.853. The lowest BCUT2D eigenvalue weighted by atomic mass is 10.2. The van der Waals surface area contributed by atoms with Crippen molar-refractivity contribution >= 4 is 23.3 Å². The van der Waals surface area contributed by atoms with Crippen LogP contribution < -0.4 is 5.32 Å². The minimum Gasteiger partial charge on any atom is -0.323 e. The Labute approximate surface area is 128 Å². The third-order valence-corrected chi connectivity index (χ3v) is 4.22. The second-order valence-electron chi connectivity index (χ2n) is 5.37. The van der Waals surface area contributed by atoms with Crippen LogP contribution in [-0.4, -0.2) is 48.1 Å². The maximum absolute atomic E-state index is 13.6. The number of rotatable bonds is 2. The molecule has 1 aromatic carbocycles. The Morgan fingerprint density at radius 2 is 2.10 bits per heavy atom. The van der Waals surface area contributed by atoms with Crippen molar-refractivity contribution in [3.63, 3.8) is 0 Å². The second-order valence-corrected chi connectivity index (χ2v) is 5.80. The van der Waals surface area contributed by atoms with Crippen LogP contribution in [0.5, 0.6) is 0 Å². The lowest BCUT2D eigenvalue weighted by molar-refractivity contribution is 0.212. The number of amides is 2. The third-order valence-electron chi connectivity index (χ3n) is 3.98. The molecule has 4 nitrogen and oxygen atoms in total. The first-order chi connectivity index (χ1) is 10.1. The van der Waals surface area contributed by atoms with Gasteiger partial charge in [0, 0.05) is 37.2 Å². The van der Waals surface area contributed by atoms with Crippen LogP contribution in [0, 0.1) is 5.82 Å². The van der Waals surface area contributed by atoms with E-state index in [4.69, 9.17) is 11.6 Å². The van der Waals surface area contributed by atoms with Crippen LogP contribution in [0.15, 0.2) is 30.4 Å². The van der Waals surface area contributed by atoms with Crippen molar-refractivity contribution in [2.75, 3.05) is 31.5 Å². The van der Waals surface area contributed by atoms with E-state index in [1.54, 1.807) is 4.90 Å². The van der Waals surface area contributed by atoms with Crippen molar-refractivity contribution in [3.8, 4) is 0 Å². The summed E-state index contributed by atoms with van der Waals surface area (Å²) in [5, 5.41) is 2.99. The monoisotopic (exact) mass is 309 g/mol. The summed E-state index contributed by atoms with van der Waals surface area (Å²) in [4.78, 5) is 16.3. The lowest BCUT2D eigenvalue weighted by Gasteiger charge is -2.23. The predicted molar refractivity (Wildman–Crippen MR) is 81.1 cm³/mol. The number of anilines is 1. The molecule has 1 saturated heterocycles. The van der Waals surface area contributed by atoms with Gasteiger partial charge in [-0.05, 0) is 24.6 Å². The molecule has 0 spiro atoms. The SMILES string of the molecule is O=C(Nc1cc(Cl)ccc1F)N1CCC(N2CC=CC2)C1. The maximum Gasteiger partial charge on any atom is 0.321 e. The molecule has 0 aliphatic carbocycles. The number of carbonyl (C=O) groups excluding carboxylic acids is 1. The highest BCUT2D eigenvalue weighted by atomic mass is 35.5. The smallest absolute Gasteiger partial charge is 0.321 e. The van der Waals surface area contributed by atoms with Gasteiger partial charge in [-0.25, -0.2) is 9.18 Å². The van der Waals surface area contributed by atoms with E-state index in [9.17, 15) is 9.18 Å². The first-order valence-corrected chi connectivity index (χ1v) is 7.41. The standard InChI is InChI=1S/C15H17ClFN3O/c16-11-3-4-13(17)14(9-11)18-15(21)20-8-5-12(10-20)19-6-1-2-7-19/h1-4,9,12H,5-8,10H2,(H,18,21). The van der Waals surface area contributed by atoms with Gasteiger partial charge >= 0.3 is 6.03 Å². The summed E-state index contributed by atoms with van der Waals surface area (Å²) in [6.07, 6.45) is 5.24. The fourth-order valence-corrected chi connectivity index (χ4v) is 2.98. The Morgan fingerprint density at radius 3 is 2.86 bits per heavy atom. The predicted octanol–water partition coefficient (Wildman–Crippen LogP) is 2.96. The number of benzene rings is 1. The van der Waals surface area contributed by atoms with E-state index >= 15 is 0 Å². The van der Waals surface area contributed by atoms with E-state index in [-0.39, 0.29) is 11.7 Å². The molecular formula is C15H17ClFN3O. The first kappa shape index (κ1) is 14.4. The summed E-state index contributed by atoms with van der Waals surface area (Å²) in [7, 11) is 0. The molecule has 6 heteroatoms. The van der Waals surface area contributed by atoms with Gasteiger partial charge in [0.25, 0.3) is 0 Å². The molecule has 0 bridgehead atoms. The van der Waals surface area contributed by atoms with E-state index in [0.717, 1.165) is 19.5 Å². The van der Waals surface area contributed by atoms with E-state index in [1.165, 1.54) is 18.2 Å². The average Bonchev–Trinajstić information content (AvgIpc) is 3.12. The van der Waals surface area contributed by atoms with E-state index in [1.807, 2.05) is 0 Å². The molecular weight excluding hydrogens is 293 g/mol. The van der Waals surface area contributed by atoms with Gasteiger partial charge in [-0.2, -0.15) is 0 Å². The zero-order valence-corrected chi connectivity index (χ0v) is 12.3. The van der Waals surface area contributed by atoms with Crippen LogP contribution in [0.4, 0.5) is 14.9 Å². The molecule has 1 unspecified atom stereocenters. The van der Waals surface area contributed by atoms with Gasteiger partial charge in [-0.1, -0.05) is 23.8 Å². The van der Waals surface area contributed by atoms with Crippen molar-refractivity contribution in [2.24, 2.45) is 0 Å². The van der Waals surface area contributed by atoms with Crippen LogP contribution in [-0.2, 0) is 0 Å². The van der Waals surface area contributed by atoms with E-state index < -0.39 is 5.82 Å². The van der Waals surface area contributed by atoms with Crippen molar-refractivity contribution in [1.82, 2.24) is 9.80 Å². The Balaban J connectivity index is 1.60. The zero-order chi connectivity index (χ0) is 14.8. The Hall–Kier alpha value is -1.59. The molecule has 1 atom stereocenters. The number of hydrogen-bond donors (Lipinski definition) is 1. The number of urea groups is 1. The highest BCUT2D eigenvalue weighted by Gasteiger charge is 2.30. The Bertz CT molecular complexity index is 570. The average molecular weight is 310 g/mol. The van der Waals surface area contributed by atoms with Gasteiger partial charge in [0.2, 0.25) is 0 Å². The molecule has 2 aliphatic rings. The summed E-state index contributed by atoms with van der Waals surface area (Å²) in [5.74, 6) is -0.479. The Morgan fingerprint density at radius 1 is 1.33 bits per heavy atom. The molecule has 21 heavy (non-hydrogen) atoms. The normalized spacial score (nSPS) is 22.0. The minimum absolute atomic E-state index is 0.124. The zero-order valence-electron chi connectivity index (χ0n) is 11.6. The molecule has 2 aliphatic heterocycles. The van der Waals surface area contributed by atoms with Crippen LogP contribution in [0.2, 0.25) is 5.02 Å². The molecule has 2 heterocycles. The summed E-state index contributed by atoms with van der Waals surface area (Å²) in [6.45, 7) is 3.26. The van der Waals surface area contributed by atoms with Crippen LogP contribution >= 0.6 is 11.6 Å². The van der Waals surface area contributed by atoms with Gasteiger partial charge in [-0.3, -0.25) is 4.90 Å². The highest BCUT2D eigenvalue weighted by molar-refractivity contribution is 6.30. The lowest BCUT2D eigenvalue weighted by Crippen LogP contribution is -2.39. The summed E-state index contributed by atoms with van der Waals surface area (Å²) >= 11 is 5.82. The molecule has 0 radical (unpaired) electrons. The van der Waals surface area contributed by atoms with Crippen molar-refractivity contribution in [2.45, 2.75) is 12.5 Å². The molecule has 0 aromatic heterocycles. The second kappa shape index (κ2) is 6.03.